The highest BCUT2D eigenvalue weighted by Crippen LogP contribution is 2.01. The molecule has 0 aliphatic rings. The van der Waals surface area contributed by atoms with Crippen LogP contribution in [-0.2, 0) is 6.54 Å². The Morgan fingerprint density at radius 1 is 1.69 bits per heavy atom. The van der Waals surface area contributed by atoms with Crippen molar-refractivity contribution in [3.63, 3.8) is 0 Å². The second-order valence-electron chi connectivity index (χ2n) is 2.44. The molecule has 0 amide bonds. The van der Waals surface area contributed by atoms with Gasteiger partial charge in [0.2, 0.25) is 0 Å². The Bertz CT molecular complexity index is 384. The van der Waals surface area contributed by atoms with Crippen LogP contribution in [0.15, 0.2) is 22.5 Å². The second kappa shape index (κ2) is 4.44. The van der Waals surface area contributed by atoms with Crippen LogP contribution >= 0.6 is 23.2 Å². The standard InChI is InChI=1S/C8H8Cl2N2O/c1-6-11-7(10)5-8(13)12(6)4-2-3-9/h2-3,5H,4H2,1H3/b3-2+. The van der Waals surface area contributed by atoms with Crippen molar-refractivity contribution in [2.75, 3.05) is 0 Å². The summed E-state index contributed by atoms with van der Waals surface area (Å²) in [6, 6.07) is 1.27. The van der Waals surface area contributed by atoms with E-state index in [1.165, 1.54) is 16.2 Å². The second-order valence-corrected chi connectivity index (χ2v) is 3.08. The molecule has 1 aromatic heterocycles. The van der Waals surface area contributed by atoms with Gasteiger partial charge in [-0.05, 0) is 6.92 Å². The quantitative estimate of drug-likeness (QED) is 0.712. The first kappa shape index (κ1) is 10.3. The Morgan fingerprint density at radius 2 is 2.38 bits per heavy atom. The maximum absolute atomic E-state index is 11.3. The molecular formula is C8H8Cl2N2O. The van der Waals surface area contributed by atoms with Gasteiger partial charge in [-0.25, -0.2) is 4.98 Å². The van der Waals surface area contributed by atoms with Gasteiger partial charge in [0.05, 0.1) is 0 Å². The number of nitrogens with zero attached hydrogens (tertiary/aromatic N) is 2. The zero-order chi connectivity index (χ0) is 9.84. The minimum atomic E-state index is -0.174. The molecule has 0 atom stereocenters. The van der Waals surface area contributed by atoms with Crippen molar-refractivity contribution >= 4 is 23.2 Å². The fourth-order valence-corrected chi connectivity index (χ4v) is 1.25. The number of hydrogen-bond donors (Lipinski definition) is 0. The molecule has 0 radical (unpaired) electrons. The van der Waals surface area contributed by atoms with E-state index in [1.807, 2.05) is 0 Å². The maximum atomic E-state index is 11.3. The van der Waals surface area contributed by atoms with E-state index < -0.39 is 0 Å². The number of allylic oxidation sites excluding steroid dienone is 1. The van der Waals surface area contributed by atoms with Crippen molar-refractivity contribution in [1.82, 2.24) is 9.55 Å². The highest BCUT2D eigenvalue weighted by molar-refractivity contribution is 6.29. The lowest BCUT2D eigenvalue weighted by molar-refractivity contribution is 0.715. The third-order valence-electron chi connectivity index (χ3n) is 1.54. The number of rotatable bonds is 2. The summed E-state index contributed by atoms with van der Waals surface area (Å²) in [4.78, 5) is 15.3. The minimum absolute atomic E-state index is 0.174. The average molecular weight is 219 g/mol. The summed E-state index contributed by atoms with van der Waals surface area (Å²) >= 11 is 10.9. The van der Waals surface area contributed by atoms with Gasteiger partial charge < -0.3 is 0 Å². The van der Waals surface area contributed by atoms with Crippen molar-refractivity contribution in [3.8, 4) is 0 Å². The number of aryl methyl sites for hydroxylation is 1. The van der Waals surface area contributed by atoms with E-state index in [0.29, 0.717) is 12.4 Å². The molecule has 0 aromatic carbocycles. The molecule has 5 heteroatoms. The van der Waals surface area contributed by atoms with Crippen LogP contribution in [0.2, 0.25) is 5.15 Å². The number of aromatic nitrogens is 2. The van der Waals surface area contributed by atoms with Crippen LogP contribution in [0.1, 0.15) is 5.82 Å². The summed E-state index contributed by atoms with van der Waals surface area (Å²) in [5, 5.41) is 0.216. The summed E-state index contributed by atoms with van der Waals surface area (Å²) in [5.74, 6) is 0.576. The predicted molar refractivity (Wildman–Crippen MR) is 53.2 cm³/mol. The van der Waals surface area contributed by atoms with E-state index in [4.69, 9.17) is 23.2 Å². The van der Waals surface area contributed by atoms with E-state index in [9.17, 15) is 4.79 Å². The zero-order valence-electron chi connectivity index (χ0n) is 7.00. The van der Waals surface area contributed by atoms with Crippen LogP contribution in [0.5, 0.6) is 0 Å². The summed E-state index contributed by atoms with van der Waals surface area (Å²) in [7, 11) is 0. The largest absolute Gasteiger partial charge is 0.293 e. The lowest BCUT2D eigenvalue weighted by Gasteiger charge is -2.04. The molecule has 0 N–H and O–H groups in total. The van der Waals surface area contributed by atoms with Crippen LogP contribution in [0.4, 0.5) is 0 Å². The summed E-state index contributed by atoms with van der Waals surface area (Å²) in [6.45, 7) is 2.13. The van der Waals surface area contributed by atoms with Crippen LogP contribution in [-0.4, -0.2) is 9.55 Å². The molecule has 1 rings (SSSR count). The van der Waals surface area contributed by atoms with Crippen LogP contribution in [0.3, 0.4) is 0 Å². The van der Waals surface area contributed by atoms with Gasteiger partial charge in [-0.2, -0.15) is 0 Å². The molecule has 0 aliphatic heterocycles. The number of halogens is 2. The summed E-state index contributed by atoms with van der Waals surface area (Å²) in [6.07, 6.45) is 1.66. The molecule has 0 saturated heterocycles. The van der Waals surface area contributed by atoms with E-state index in [2.05, 4.69) is 4.98 Å². The zero-order valence-corrected chi connectivity index (χ0v) is 8.51. The Morgan fingerprint density at radius 3 is 2.92 bits per heavy atom. The van der Waals surface area contributed by atoms with Crippen LogP contribution in [0, 0.1) is 6.92 Å². The van der Waals surface area contributed by atoms with Crippen LogP contribution < -0.4 is 5.56 Å². The molecule has 0 unspecified atom stereocenters. The highest BCUT2D eigenvalue weighted by atomic mass is 35.5. The molecule has 1 aromatic rings. The average Bonchev–Trinajstić information content (AvgIpc) is 2.02. The SMILES string of the molecule is Cc1nc(Cl)cc(=O)n1C/C=C/Cl. The number of hydrogen-bond acceptors (Lipinski definition) is 2. The first-order valence-corrected chi connectivity index (χ1v) is 4.46. The van der Waals surface area contributed by atoms with Crippen molar-refractivity contribution in [3.05, 3.63) is 39.0 Å². The topological polar surface area (TPSA) is 34.9 Å². The minimum Gasteiger partial charge on any atom is -0.293 e. The fraction of sp³-hybridized carbons (Fsp3) is 0.250. The Kier molecular flexibility index (Phi) is 3.51. The molecule has 0 bridgehead atoms. The Hall–Kier alpha value is -0.800. The van der Waals surface area contributed by atoms with Gasteiger partial charge in [-0.3, -0.25) is 9.36 Å². The van der Waals surface area contributed by atoms with Crippen molar-refractivity contribution in [2.24, 2.45) is 0 Å². The van der Waals surface area contributed by atoms with Gasteiger partial charge in [0.15, 0.2) is 0 Å². The monoisotopic (exact) mass is 218 g/mol. The van der Waals surface area contributed by atoms with E-state index in [0.717, 1.165) is 0 Å². The van der Waals surface area contributed by atoms with Crippen molar-refractivity contribution in [1.29, 1.82) is 0 Å². The van der Waals surface area contributed by atoms with E-state index >= 15 is 0 Å². The molecule has 3 nitrogen and oxygen atoms in total. The fourth-order valence-electron chi connectivity index (χ4n) is 0.954. The Labute approximate surface area is 85.6 Å². The van der Waals surface area contributed by atoms with Gasteiger partial charge in [-0.15, -0.1) is 0 Å². The van der Waals surface area contributed by atoms with Gasteiger partial charge in [0.1, 0.15) is 11.0 Å². The third kappa shape index (κ3) is 2.57. The first-order chi connectivity index (χ1) is 6.15. The maximum Gasteiger partial charge on any atom is 0.255 e. The highest BCUT2D eigenvalue weighted by Gasteiger charge is 2.00. The molecule has 1 heterocycles. The van der Waals surface area contributed by atoms with Gasteiger partial charge in [0, 0.05) is 18.1 Å². The molecule has 13 heavy (non-hydrogen) atoms. The van der Waals surface area contributed by atoms with Gasteiger partial charge in [0.25, 0.3) is 5.56 Å². The van der Waals surface area contributed by atoms with E-state index in [-0.39, 0.29) is 10.7 Å². The lowest BCUT2D eigenvalue weighted by atomic mass is 10.5. The molecule has 0 spiro atoms. The molecule has 0 saturated carbocycles. The predicted octanol–water partition coefficient (Wildman–Crippen LogP) is 1.96. The molecular weight excluding hydrogens is 211 g/mol. The van der Waals surface area contributed by atoms with Crippen molar-refractivity contribution in [2.45, 2.75) is 13.5 Å². The summed E-state index contributed by atoms with van der Waals surface area (Å²) < 4.78 is 1.48. The van der Waals surface area contributed by atoms with E-state index in [1.54, 1.807) is 13.0 Å². The Balaban J connectivity index is 3.13. The normalized spacial score (nSPS) is 11.0. The van der Waals surface area contributed by atoms with Crippen LogP contribution in [0.25, 0.3) is 0 Å². The molecule has 0 fully saturated rings. The third-order valence-corrected chi connectivity index (χ3v) is 1.92. The van der Waals surface area contributed by atoms with Gasteiger partial charge in [-0.1, -0.05) is 29.3 Å². The molecule has 70 valence electrons. The first-order valence-electron chi connectivity index (χ1n) is 3.64. The summed E-state index contributed by atoms with van der Waals surface area (Å²) in [5.41, 5.74) is 1.19. The molecule has 0 aliphatic carbocycles. The smallest absolute Gasteiger partial charge is 0.255 e. The van der Waals surface area contributed by atoms with Gasteiger partial charge >= 0.3 is 0 Å². The van der Waals surface area contributed by atoms with Crippen molar-refractivity contribution < 1.29 is 0 Å². The lowest BCUT2D eigenvalue weighted by Crippen LogP contribution is -2.22.